The fourth-order valence-electron chi connectivity index (χ4n) is 3.47. The summed E-state index contributed by atoms with van der Waals surface area (Å²) in [6, 6.07) is 7.02. The maximum Gasteiger partial charge on any atom is 0.123 e. The van der Waals surface area contributed by atoms with Gasteiger partial charge in [-0.2, -0.15) is 0 Å². The molecule has 0 bridgehead atoms. The molecule has 2 rings (SSSR count). The lowest BCUT2D eigenvalue weighted by Gasteiger charge is -2.46. The predicted molar refractivity (Wildman–Crippen MR) is 85.7 cm³/mol. The van der Waals surface area contributed by atoms with Crippen molar-refractivity contribution in [1.82, 2.24) is 9.80 Å². The lowest BCUT2D eigenvalue weighted by atomic mass is 9.79. The molecule has 0 spiro atoms. The van der Waals surface area contributed by atoms with E-state index >= 15 is 0 Å². The average molecular weight is 293 g/mol. The van der Waals surface area contributed by atoms with E-state index in [4.69, 9.17) is 5.73 Å². The summed E-state index contributed by atoms with van der Waals surface area (Å²) in [4.78, 5) is 4.86. The van der Waals surface area contributed by atoms with E-state index in [0.29, 0.717) is 6.04 Å². The fourth-order valence-corrected chi connectivity index (χ4v) is 3.47. The minimum atomic E-state index is -0.418. The van der Waals surface area contributed by atoms with Crippen LogP contribution in [0.5, 0.6) is 0 Å². The molecule has 1 aromatic carbocycles. The molecule has 0 radical (unpaired) electrons. The number of hydrogen-bond acceptors (Lipinski definition) is 3. The Morgan fingerprint density at radius 3 is 2.19 bits per heavy atom. The molecule has 0 amide bonds. The van der Waals surface area contributed by atoms with Gasteiger partial charge in [0.15, 0.2) is 0 Å². The summed E-state index contributed by atoms with van der Waals surface area (Å²) in [5.74, 6) is -0.204. The highest BCUT2D eigenvalue weighted by molar-refractivity contribution is 5.27. The largest absolute Gasteiger partial charge is 0.320 e. The molecular formula is C17H28FN3. The molecule has 1 heterocycles. The van der Waals surface area contributed by atoms with Gasteiger partial charge in [0.25, 0.3) is 0 Å². The minimum absolute atomic E-state index is 0.204. The van der Waals surface area contributed by atoms with Crippen molar-refractivity contribution in [2.45, 2.75) is 38.3 Å². The van der Waals surface area contributed by atoms with Crippen LogP contribution in [0.25, 0.3) is 0 Å². The number of nitrogens with two attached hydrogens (primary N) is 1. The van der Waals surface area contributed by atoms with Gasteiger partial charge in [-0.3, -0.25) is 4.90 Å². The monoisotopic (exact) mass is 293 g/mol. The summed E-state index contributed by atoms with van der Waals surface area (Å²) in [6.07, 6.45) is 1.86. The molecule has 21 heavy (non-hydrogen) atoms. The van der Waals surface area contributed by atoms with Crippen molar-refractivity contribution >= 4 is 0 Å². The summed E-state index contributed by atoms with van der Waals surface area (Å²) in [5.41, 5.74) is 7.43. The average Bonchev–Trinajstić information content (AvgIpc) is 2.50. The second kappa shape index (κ2) is 6.86. The first-order chi connectivity index (χ1) is 10.0. The zero-order valence-electron chi connectivity index (χ0n) is 13.5. The maximum absolute atomic E-state index is 13.2. The standard InChI is InChI=1S/C17H28FN3/c1-4-16(21-12-10-20(3)11-13-21)17(19,5-2)14-6-8-15(18)9-7-14/h6-9,16H,4-5,10-13,19H2,1-3H3. The smallest absolute Gasteiger partial charge is 0.123 e. The fraction of sp³-hybridized carbons (Fsp3) is 0.647. The van der Waals surface area contributed by atoms with Gasteiger partial charge in [-0.15, -0.1) is 0 Å². The molecule has 1 aliphatic rings. The number of piperazine rings is 1. The van der Waals surface area contributed by atoms with E-state index < -0.39 is 5.54 Å². The quantitative estimate of drug-likeness (QED) is 0.905. The van der Waals surface area contributed by atoms with Crippen LogP contribution in [0.1, 0.15) is 32.3 Å². The Morgan fingerprint density at radius 1 is 1.14 bits per heavy atom. The first-order valence-corrected chi connectivity index (χ1v) is 7.98. The third kappa shape index (κ3) is 3.44. The second-order valence-corrected chi connectivity index (χ2v) is 6.16. The third-order valence-corrected chi connectivity index (χ3v) is 4.93. The van der Waals surface area contributed by atoms with E-state index in [2.05, 4.69) is 30.7 Å². The molecule has 0 aliphatic carbocycles. The molecule has 1 saturated heterocycles. The van der Waals surface area contributed by atoms with Gasteiger partial charge in [0.1, 0.15) is 5.82 Å². The van der Waals surface area contributed by atoms with Crippen LogP contribution >= 0.6 is 0 Å². The van der Waals surface area contributed by atoms with Crippen LogP contribution in [-0.4, -0.2) is 49.1 Å². The van der Waals surface area contributed by atoms with Crippen molar-refractivity contribution in [2.75, 3.05) is 33.2 Å². The van der Waals surface area contributed by atoms with Crippen LogP contribution in [0.4, 0.5) is 4.39 Å². The molecule has 118 valence electrons. The van der Waals surface area contributed by atoms with Gasteiger partial charge in [0.2, 0.25) is 0 Å². The van der Waals surface area contributed by atoms with E-state index in [0.717, 1.165) is 44.6 Å². The predicted octanol–water partition coefficient (Wildman–Crippen LogP) is 2.42. The summed E-state index contributed by atoms with van der Waals surface area (Å²) in [5, 5.41) is 0. The zero-order chi connectivity index (χ0) is 15.5. The summed E-state index contributed by atoms with van der Waals surface area (Å²) in [6.45, 7) is 8.59. The number of nitrogens with zero attached hydrogens (tertiary/aromatic N) is 2. The summed E-state index contributed by atoms with van der Waals surface area (Å²) in [7, 11) is 2.16. The van der Waals surface area contributed by atoms with E-state index in [1.807, 2.05) is 12.1 Å². The first kappa shape index (κ1) is 16.4. The van der Waals surface area contributed by atoms with Crippen molar-refractivity contribution in [2.24, 2.45) is 5.73 Å². The van der Waals surface area contributed by atoms with Crippen LogP contribution in [0.15, 0.2) is 24.3 Å². The molecule has 4 heteroatoms. The van der Waals surface area contributed by atoms with Crippen LogP contribution in [0.2, 0.25) is 0 Å². The molecule has 0 aromatic heterocycles. The number of likely N-dealkylation sites (N-methyl/N-ethyl adjacent to an activating group) is 1. The topological polar surface area (TPSA) is 32.5 Å². The van der Waals surface area contributed by atoms with Gasteiger partial charge in [-0.25, -0.2) is 4.39 Å². The highest BCUT2D eigenvalue weighted by Gasteiger charge is 2.38. The Labute approximate surface area is 127 Å². The lowest BCUT2D eigenvalue weighted by molar-refractivity contribution is 0.0616. The minimum Gasteiger partial charge on any atom is -0.320 e. The summed E-state index contributed by atoms with van der Waals surface area (Å²) < 4.78 is 13.2. The number of rotatable bonds is 5. The SMILES string of the molecule is CCC(N1CCN(C)CC1)C(N)(CC)c1ccc(F)cc1. The van der Waals surface area contributed by atoms with E-state index in [1.54, 1.807) is 0 Å². The summed E-state index contributed by atoms with van der Waals surface area (Å²) >= 11 is 0. The number of hydrogen-bond donors (Lipinski definition) is 1. The van der Waals surface area contributed by atoms with Gasteiger partial charge in [-0.05, 0) is 37.6 Å². The van der Waals surface area contributed by atoms with Gasteiger partial charge < -0.3 is 10.6 Å². The van der Waals surface area contributed by atoms with Crippen molar-refractivity contribution in [3.8, 4) is 0 Å². The van der Waals surface area contributed by atoms with Gasteiger partial charge >= 0.3 is 0 Å². The molecular weight excluding hydrogens is 265 g/mol. The van der Waals surface area contributed by atoms with Crippen molar-refractivity contribution in [3.05, 3.63) is 35.6 Å². The Balaban J connectivity index is 2.25. The van der Waals surface area contributed by atoms with Gasteiger partial charge in [0.05, 0.1) is 5.54 Å². The van der Waals surface area contributed by atoms with Gasteiger partial charge in [0, 0.05) is 32.2 Å². The van der Waals surface area contributed by atoms with E-state index in [1.165, 1.54) is 12.1 Å². The Kier molecular flexibility index (Phi) is 5.36. The highest BCUT2D eigenvalue weighted by atomic mass is 19.1. The van der Waals surface area contributed by atoms with Crippen LogP contribution < -0.4 is 5.73 Å². The second-order valence-electron chi connectivity index (χ2n) is 6.16. The van der Waals surface area contributed by atoms with Crippen LogP contribution in [-0.2, 0) is 5.54 Å². The van der Waals surface area contributed by atoms with Crippen LogP contribution in [0, 0.1) is 5.82 Å². The van der Waals surface area contributed by atoms with Crippen LogP contribution in [0.3, 0.4) is 0 Å². The van der Waals surface area contributed by atoms with Crippen molar-refractivity contribution in [1.29, 1.82) is 0 Å². The molecule has 2 N–H and O–H groups in total. The molecule has 3 nitrogen and oxygen atoms in total. The third-order valence-electron chi connectivity index (χ3n) is 4.93. The molecule has 1 aliphatic heterocycles. The Hall–Kier alpha value is -0.970. The highest BCUT2D eigenvalue weighted by Crippen LogP contribution is 2.32. The van der Waals surface area contributed by atoms with E-state index in [9.17, 15) is 4.39 Å². The molecule has 2 atom stereocenters. The molecule has 0 saturated carbocycles. The van der Waals surface area contributed by atoms with Gasteiger partial charge in [-0.1, -0.05) is 26.0 Å². The molecule has 1 aromatic rings. The Morgan fingerprint density at radius 2 is 1.71 bits per heavy atom. The Bertz CT molecular complexity index is 440. The van der Waals surface area contributed by atoms with E-state index in [-0.39, 0.29) is 5.82 Å². The normalized spacial score (nSPS) is 22.0. The molecule has 2 unspecified atom stereocenters. The van der Waals surface area contributed by atoms with Crippen molar-refractivity contribution < 1.29 is 4.39 Å². The number of benzene rings is 1. The molecule has 1 fully saturated rings. The number of halogens is 1. The maximum atomic E-state index is 13.2. The first-order valence-electron chi connectivity index (χ1n) is 7.98. The zero-order valence-corrected chi connectivity index (χ0v) is 13.5. The lowest BCUT2D eigenvalue weighted by Crippen LogP contribution is -2.59. The van der Waals surface area contributed by atoms with Crippen molar-refractivity contribution in [3.63, 3.8) is 0 Å².